The number of hydroxylamine groups is 2. The zero-order valence-electron chi connectivity index (χ0n) is 12.2. The number of aromatic nitrogens is 3. The van der Waals surface area contributed by atoms with Gasteiger partial charge in [-0.1, -0.05) is 0 Å². The maximum absolute atomic E-state index is 12.5. The van der Waals surface area contributed by atoms with Gasteiger partial charge >= 0.3 is 0 Å². The Bertz CT molecular complexity index is 688. The maximum atomic E-state index is 12.5. The van der Waals surface area contributed by atoms with Gasteiger partial charge in [-0.2, -0.15) is 5.10 Å². The van der Waals surface area contributed by atoms with Crippen molar-refractivity contribution in [3.05, 3.63) is 23.0 Å². The fourth-order valence-electron chi connectivity index (χ4n) is 2.47. The molecule has 1 amide bonds. The second kappa shape index (κ2) is 4.56. The molecule has 20 heavy (non-hydrogen) atoms. The van der Waals surface area contributed by atoms with E-state index >= 15 is 0 Å². The van der Waals surface area contributed by atoms with Crippen LogP contribution in [0.15, 0.2) is 6.07 Å². The van der Waals surface area contributed by atoms with Gasteiger partial charge in [0, 0.05) is 25.7 Å². The summed E-state index contributed by atoms with van der Waals surface area (Å²) in [5.74, 6) is 0.312. The van der Waals surface area contributed by atoms with Crippen molar-refractivity contribution in [2.24, 2.45) is 7.05 Å². The molecule has 0 bridgehead atoms. The second-order valence-corrected chi connectivity index (χ2v) is 5.26. The standard InChI is InChI=1S/C14H18N4O2/c1-8-12-10(14(19)18(3)20-4)7-11(9-5-6-9)15-13(12)17(2)16-8/h7,9H,5-6H2,1-4H3. The minimum absolute atomic E-state index is 0.169. The highest BCUT2D eigenvalue weighted by Gasteiger charge is 2.29. The minimum atomic E-state index is -0.169. The Morgan fingerprint density at radius 3 is 2.80 bits per heavy atom. The fourth-order valence-corrected chi connectivity index (χ4v) is 2.47. The molecule has 106 valence electrons. The molecule has 0 saturated heterocycles. The molecule has 0 spiro atoms. The molecule has 1 saturated carbocycles. The van der Waals surface area contributed by atoms with Gasteiger partial charge < -0.3 is 0 Å². The van der Waals surface area contributed by atoms with Crippen LogP contribution >= 0.6 is 0 Å². The molecule has 6 heteroatoms. The number of pyridine rings is 1. The summed E-state index contributed by atoms with van der Waals surface area (Å²) >= 11 is 0. The molecule has 6 nitrogen and oxygen atoms in total. The fraction of sp³-hybridized carbons (Fsp3) is 0.500. The lowest BCUT2D eigenvalue weighted by Crippen LogP contribution is -2.26. The summed E-state index contributed by atoms with van der Waals surface area (Å²) in [6, 6.07) is 1.90. The van der Waals surface area contributed by atoms with E-state index in [4.69, 9.17) is 4.84 Å². The summed E-state index contributed by atoms with van der Waals surface area (Å²) in [5.41, 5.74) is 3.17. The lowest BCUT2D eigenvalue weighted by Gasteiger charge is -2.15. The highest BCUT2D eigenvalue weighted by molar-refractivity contribution is 6.06. The van der Waals surface area contributed by atoms with Crippen molar-refractivity contribution < 1.29 is 9.63 Å². The maximum Gasteiger partial charge on any atom is 0.278 e. The highest BCUT2D eigenvalue weighted by Crippen LogP contribution is 2.40. The van der Waals surface area contributed by atoms with Gasteiger partial charge in [-0.3, -0.25) is 14.3 Å². The molecule has 2 aromatic rings. The summed E-state index contributed by atoms with van der Waals surface area (Å²) in [4.78, 5) is 22.2. The van der Waals surface area contributed by atoms with Crippen LogP contribution in [-0.4, -0.2) is 39.9 Å². The average molecular weight is 274 g/mol. The third kappa shape index (κ3) is 1.96. The van der Waals surface area contributed by atoms with Crippen LogP contribution in [0.5, 0.6) is 0 Å². The Morgan fingerprint density at radius 1 is 1.50 bits per heavy atom. The zero-order valence-corrected chi connectivity index (χ0v) is 12.2. The van der Waals surface area contributed by atoms with E-state index in [-0.39, 0.29) is 5.91 Å². The predicted octanol–water partition coefficient (Wildman–Crippen LogP) is 1.79. The molecule has 0 aromatic carbocycles. The smallest absolute Gasteiger partial charge is 0.274 e. The molecule has 0 N–H and O–H groups in total. The van der Waals surface area contributed by atoms with Gasteiger partial charge in [0.1, 0.15) is 0 Å². The number of nitrogens with zero attached hydrogens (tertiary/aromatic N) is 4. The van der Waals surface area contributed by atoms with Crippen LogP contribution in [0.25, 0.3) is 11.0 Å². The van der Waals surface area contributed by atoms with Crippen LogP contribution in [0.2, 0.25) is 0 Å². The Morgan fingerprint density at radius 2 is 2.20 bits per heavy atom. The van der Waals surface area contributed by atoms with Crippen LogP contribution in [0, 0.1) is 6.92 Å². The predicted molar refractivity (Wildman–Crippen MR) is 74.3 cm³/mol. The first-order valence-electron chi connectivity index (χ1n) is 6.69. The molecule has 2 heterocycles. The number of hydrogen-bond donors (Lipinski definition) is 0. The minimum Gasteiger partial charge on any atom is -0.274 e. The van der Waals surface area contributed by atoms with Gasteiger partial charge in [0.25, 0.3) is 5.91 Å². The van der Waals surface area contributed by atoms with E-state index in [1.54, 1.807) is 11.7 Å². The average Bonchev–Trinajstić information content (AvgIpc) is 3.24. The number of aryl methyl sites for hydroxylation is 2. The molecule has 3 rings (SSSR count). The third-order valence-electron chi connectivity index (χ3n) is 3.77. The summed E-state index contributed by atoms with van der Waals surface area (Å²) < 4.78 is 1.74. The Balaban J connectivity index is 2.24. The van der Waals surface area contributed by atoms with E-state index in [0.717, 1.165) is 35.3 Å². The first-order chi connectivity index (χ1) is 9.52. The second-order valence-electron chi connectivity index (χ2n) is 5.26. The van der Waals surface area contributed by atoms with E-state index in [1.165, 1.54) is 12.2 Å². The summed E-state index contributed by atoms with van der Waals surface area (Å²) in [5, 5.41) is 6.43. The normalized spacial score (nSPS) is 14.8. The van der Waals surface area contributed by atoms with Gasteiger partial charge in [-0.25, -0.2) is 10.0 Å². The number of carbonyl (C=O) groups is 1. The number of rotatable bonds is 3. The van der Waals surface area contributed by atoms with E-state index in [2.05, 4.69) is 10.1 Å². The quantitative estimate of drug-likeness (QED) is 0.801. The molecule has 1 aliphatic rings. The highest BCUT2D eigenvalue weighted by atomic mass is 16.7. The molecule has 0 radical (unpaired) electrons. The summed E-state index contributed by atoms with van der Waals surface area (Å²) in [6.07, 6.45) is 2.28. The lowest BCUT2D eigenvalue weighted by molar-refractivity contribution is -0.0755. The van der Waals surface area contributed by atoms with E-state index in [1.807, 2.05) is 20.0 Å². The molecule has 0 atom stereocenters. The van der Waals surface area contributed by atoms with Crippen molar-refractivity contribution in [1.82, 2.24) is 19.8 Å². The first-order valence-corrected chi connectivity index (χ1v) is 6.69. The van der Waals surface area contributed by atoms with Crippen molar-refractivity contribution in [3.63, 3.8) is 0 Å². The topological polar surface area (TPSA) is 60.2 Å². The molecule has 2 aromatic heterocycles. The number of hydrogen-bond acceptors (Lipinski definition) is 4. The molecule has 1 aliphatic carbocycles. The van der Waals surface area contributed by atoms with E-state index in [0.29, 0.717) is 11.5 Å². The van der Waals surface area contributed by atoms with Crippen LogP contribution in [0.3, 0.4) is 0 Å². The summed E-state index contributed by atoms with van der Waals surface area (Å²) in [7, 11) is 4.94. The zero-order chi connectivity index (χ0) is 14.4. The Labute approximate surface area is 117 Å². The Hall–Kier alpha value is -1.95. The molecular weight excluding hydrogens is 256 g/mol. The van der Waals surface area contributed by atoms with Crippen LogP contribution in [-0.2, 0) is 11.9 Å². The molecular formula is C14H18N4O2. The van der Waals surface area contributed by atoms with Gasteiger partial charge in [0.2, 0.25) is 0 Å². The van der Waals surface area contributed by atoms with Crippen LogP contribution < -0.4 is 0 Å². The summed E-state index contributed by atoms with van der Waals surface area (Å²) in [6.45, 7) is 1.89. The van der Waals surface area contributed by atoms with Crippen molar-refractivity contribution in [2.75, 3.05) is 14.2 Å². The van der Waals surface area contributed by atoms with Crippen LogP contribution in [0.4, 0.5) is 0 Å². The van der Waals surface area contributed by atoms with E-state index < -0.39 is 0 Å². The monoisotopic (exact) mass is 274 g/mol. The third-order valence-corrected chi connectivity index (χ3v) is 3.77. The number of fused-ring (bicyclic) bond motifs is 1. The largest absolute Gasteiger partial charge is 0.278 e. The lowest BCUT2D eigenvalue weighted by atomic mass is 10.1. The van der Waals surface area contributed by atoms with Crippen molar-refractivity contribution in [2.45, 2.75) is 25.7 Å². The van der Waals surface area contributed by atoms with Gasteiger partial charge in [-0.15, -0.1) is 0 Å². The van der Waals surface area contributed by atoms with Gasteiger partial charge in [0.05, 0.1) is 23.8 Å². The number of carbonyl (C=O) groups excluding carboxylic acids is 1. The van der Waals surface area contributed by atoms with Gasteiger partial charge in [0.15, 0.2) is 5.65 Å². The molecule has 1 fully saturated rings. The number of amides is 1. The molecule has 0 unspecified atom stereocenters. The van der Waals surface area contributed by atoms with Crippen LogP contribution in [0.1, 0.15) is 40.5 Å². The Kier molecular flexibility index (Phi) is 2.97. The van der Waals surface area contributed by atoms with E-state index in [9.17, 15) is 4.79 Å². The SMILES string of the molecule is CON(C)C(=O)c1cc(C2CC2)nc2c1c(C)nn2C. The van der Waals surface area contributed by atoms with Gasteiger partial charge in [-0.05, 0) is 25.8 Å². The molecule has 0 aliphatic heterocycles. The van der Waals surface area contributed by atoms with Crippen molar-refractivity contribution in [1.29, 1.82) is 0 Å². The van der Waals surface area contributed by atoms with Crippen molar-refractivity contribution >= 4 is 16.9 Å². The van der Waals surface area contributed by atoms with Crippen molar-refractivity contribution in [3.8, 4) is 0 Å². The first kappa shape index (κ1) is 13.1.